The minimum atomic E-state index is -0.372. The van der Waals surface area contributed by atoms with Crippen LogP contribution >= 0.6 is 11.6 Å². The van der Waals surface area contributed by atoms with Crippen LogP contribution in [-0.4, -0.2) is 31.1 Å². The Balaban J connectivity index is 1.35. The Bertz CT molecular complexity index is 752. The number of hydrogen-bond acceptors (Lipinski definition) is 3. The van der Waals surface area contributed by atoms with Crippen LogP contribution in [-0.2, 0) is 9.47 Å². The standard InChI is InChI=1S/C27H40ClNO2/c1-25-12-10-21-20(22(25)8-9-24(25)26(2)30-15-16-31-26)11-13-27(18-29)17-19(5-3-4-14-28)6-7-23(21)27/h18-24,29H,4,6-17H2,1-2H3/t19-,20?,21?,22?,23+,24-,25-,27?/m0/s1. The maximum Gasteiger partial charge on any atom is 0.169 e. The zero-order valence-corrected chi connectivity index (χ0v) is 20.2. The monoisotopic (exact) mass is 445 g/mol. The number of nitrogens with one attached hydrogen (secondary N) is 1. The maximum absolute atomic E-state index is 8.45. The van der Waals surface area contributed by atoms with Crippen LogP contribution in [0.3, 0.4) is 0 Å². The second-order valence-corrected chi connectivity index (χ2v) is 12.0. The van der Waals surface area contributed by atoms with Crippen LogP contribution in [0.5, 0.6) is 0 Å². The zero-order chi connectivity index (χ0) is 21.7. The normalized spacial score (nSPS) is 48.1. The molecule has 172 valence electrons. The summed E-state index contributed by atoms with van der Waals surface area (Å²) in [6.07, 6.45) is 13.9. The van der Waals surface area contributed by atoms with Crippen LogP contribution in [0.1, 0.15) is 78.1 Å². The molecule has 4 saturated carbocycles. The maximum atomic E-state index is 8.45. The zero-order valence-electron chi connectivity index (χ0n) is 19.4. The molecule has 4 unspecified atom stereocenters. The number of alkyl halides is 1. The first-order valence-electron chi connectivity index (χ1n) is 12.8. The molecule has 4 heteroatoms. The fourth-order valence-electron chi connectivity index (χ4n) is 9.19. The van der Waals surface area contributed by atoms with E-state index in [0.29, 0.717) is 29.0 Å². The fourth-order valence-corrected chi connectivity index (χ4v) is 9.29. The van der Waals surface area contributed by atoms with E-state index < -0.39 is 0 Å². The first-order valence-corrected chi connectivity index (χ1v) is 13.3. The van der Waals surface area contributed by atoms with E-state index in [1.807, 2.05) is 6.21 Å². The van der Waals surface area contributed by atoms with Gasteiger partial charge in [0.25, 0.3) is 0 Å². The third kappa shape index (κ3) is 3.51. The average molecular weight is 446 g/mol. The highest BCUT2D eigenvalue weighted by molar-refractivity contribution is 6.18. The molecule has 3 nitrogen and oxygen atoms in total. The van der Waals surface area contributed by atoms with Gasteiger partial charge in [0.05, 0.1) is 13.2 Å². The molecule has 0 aromatic carbocycles. The van der Waals surface area contributed by atoms with Crippen LogP contribution in [0.25, 0.3) is 0 Å². The van der Waals surface area contributed by atoms with Crippen molar-refractivity contribution in [2.75, 3.05) is 19.1 Å². The molecule has 1 N–H and O–H groups in total. The van der Waals surface area contributed by atoms with Gasteiger partial charge in [-0.2, -0.15) is 0 Å². The first-order chi connectivity index (χ1) is 15.0. The Morgan fingerprint density at radius 2 is 1.68 bits per heavy atom. The SMILES string of the molecule is CC1([C@H]2CCC3C4CCC5(C=N)C[C@@H](C#CCCCl)CC[C@@H]5C4CC[C@@]32C)OCCO1. The van der Waals surface area contributed by atoms with E-state index in [9.17, 15) is 0 Å². The minimum absolute atomic E-state index is 0.0924. The Hall–Kier alpha value is -0.560. The Labute approximate surface area is 193 Å². The summed E-state index contributed by atoms with van der Waals surface area (Å²) in [4.78, 5) is 0. The van der Waals surface area contributed by atoms with Gasteiger partial charge in [-0.05, 0) is 93.8 Å². The summed E-state index contributed by atoms with van der Waals surface area (Å²) in [5, 5.41) is 8.45. The van der Waals surface area contributed by atoms with Crippen LogP contribution in [0.2, 0.25) is 0 Å². The summed E-state index contributed by atoms with van der Waals surface area (Å²) in [6.45, 7) is 6.26. The van der Waals surface area contributed by atoms with Crippen molar-refractivity contribution in [3.63, 3.8) is 0 Å². The van der Waals surface area contributed by atoms with E-state index in [1.165, 1.54) is 51.4 Å². The van der Waals surface area contributed by atoms with Gasteiger partial charge in [0.2, 0.25) is 0 Å². The number of halogens is 1. The number of hydrogen-bond donors (Lipinski definition) is 1. The molecule has 0 amide bonds. The molecule has 4 aliphatic carbocycles. The molecule has 0 bridgehead atoms. The van der Waals surface area contributed by atoms with Crippen molar-refractivity contribution in [1.82, 2.24) is 0 Å². The van der Waals surface area contributed by atoms with E-state index in [2.05, 4.69) is 25.7 Å². The van der Waals surface area contributed by atoms with E-state index in [4.69, 9.17) is 26.5 Å². The van der Waals surface area contributed by atoms with Crippen molar-refractivity contribution in [1.29, 1.82) is 5.41 Å². The number of ether oxygens (including phenoxy) is 2. The molecule has 1 saturated heterocycles. The molecule has 0 spiro atoms. The second kappa shape index (κ2) is 8.34. The van der Waals surface area contributed by atoms with Gasteiger partial charge < -0.3 is 14.9 Å². The molecule has 5 rings (SSSR count). The van der Waals surface area contributed by atoms with Gasteiger partial charge in [0.15, 0.2) is 5.79 Å². The van der Waals surface area contributed by atoms with E-state index in [0.717, 1.165) is 43.8 Å². The topological polar surface area (TPSA) is 42.3 Å². The van der Waals surface area contributed by atoms with Gasteiger partial charge in [-0.15, -0.1) is 17.5 Å². The molecule has 31 heavy (non-hydrogen) atoms. The summed E-state index contributed by atoms with van der Waals surface area (Å²) >= 11 is 5.82. The smallest absolute Gasteiger partial charge is 0.169 e. The van der Waals surface area contributed by atoms with E-state index >= 15 is 0 Å². The highest BCUT2D eigenvalue weighted by Crippen LogP contribution is 2.68. The van der Waals surface area contributed by atoms with Gasteiger partial charge in [0, 0.05) is 35.8 Å². The van der Waals surface area contributed by atoms with Crippen LogP contribution < -0.4 is 0 Å². The molecular formula is C27H40ClNO2. The predicted octanol–water partition coefficient (Wildman–Crippen LogP) is 6.29. The van der Waals surface area contributed by atoms with Crippen molar-refractivity contribution >= 4 is 17.8 Å². The minimum Gasteiger partial charge on any atom is -0.348 e. The van der Waals surface area contributed by atoms with Crippen molar-refractivity contribution in [3.05, 3.63) is 0 Å². The van der Waals surface area contributed by atoms with Crippen molar-refractivity contribution in [2.45, 2.75) is 83.8 Å². The first kappa shape index (κ1) is 22.2. The van der Waals surface area contributed by atoms with Crippen LogP contribution in [0, 0.1) is 63.6 Å². The largest absolute Gasteiger partial charge is 0.348 e. The lowest BCUT2D eigenvalue weighted by molar-refractivity contribution is -0.215. The van der Waals surface area contributed by atoms with Crippen molar-refractivity contribution in [2.24, 2.45) is 46.3 Å². The highest BCUT2D eigenvalue weighted by Gasteiger charge is 2.63. The summed E-state index contributed by atoms with van der Waals surface area (Å²) < 4.78 is 12.3. The summed E-state index contributed by atoms with van der Waals surface area (Å²) in [5.41, 5.74) is 0.435. The van der Waals surface area contributed by atoms with Crippen molar-refractivity contribution < 1.29 is 9.47 Å². The van der Waals surface area contributed by atoms with Crippen LogP contribution in [0.4, 0.5) is 0 Å². The van der Waals surface area contributed by atoms with Gasteiger partial charge in [-0.3, -0.25) is 0 Å². The molecule has 8 atom stereocenters. The van der Waals surface area contributed by atoms with Gasteiger partial charge in [-0.1, -0.05) is 12.8 Å². The average Bonchev–Trinajstić information content (AvgIpc) is 3.37. The fraction of sp³-hybridized carbons (Fsp3) is 0.889. The molecule has 0 aromatic rings. The van der Waals surface area contributed by atoms with E-state index in [1.54, 1.807) is 0 Å². The van der Waals surface area contributed by atoms with Gasteiger partial charge in [-0.25, -0.2) is 0 Å². The molecule has 1 heterocycles. The number of fused-ring (bicyclic) bond motifs is 5. The Kier molecular flexibility index (Phi) is 5.98. The molecule has 5 fully saturated rings. The highest BCUT2D eigenvalue weighted by atomic mass is 35.5. The lowest BCUT2D eigenvalue weighted by Crippen LogP contribution is -2.55. The lowest BCUT2D eigenvalue weighted by atomic mass is 9.45. The molecular weight excluding hydrogens is 406 g/mol. The third-order valence-electron chi connectivity index (χ3n) is 10.5. The quantitative estimate of drug-likeness (QED) is 0.315. The van der Waals surface area contributed by atoms with E-state index in [-0.39, 0.29) is 11.2 Å². The second-order valence-electron chi connectivity index (χ2n) is 11.6. The third-order valence-corrected chi connectivity index (χ3v) is 10.6. The summed E-state index contributed by atoms with van der Waals surface area (Å²) in [6, 6.07) is 0. The van der Waals surface area contributed by atoms with Crippen molar-refractivity contribution in [3.8, 4) is 11.8 Å². The van der Waals surface area contributed by atoms with Gasteiger partial charge >= 0.3 is 0 Å². The molecule has 5 aliphatic rings. The van der Waals surface area contributed by atoms with Gasteiger partial charge in [0.1, 0.15) is 0 Å². The lowest BCUT2D eigenvalue weighted by Gasteiger charge is -2.60. The Morgan fingerprint density at radius 1 is 0.968 bits per heavy atom. The summed E-state index contributed by atoms with van der Waals surface area (Å²) in [5.74, 6) is 11.1. The molecule has 1 aliphatic heterocycles. The Morgan fingerprint density at radius 3 is 2.42 bits per heavy atom. The molecule has 0 aromatic heterocycles. The van der Waals surface area contributed by atoms with Crippen LogP contribution in [0.15, 0.2) is 0 Å². The molecule has 0 radical (unpaired) electrons. The summed E-state index contributed by atoms with van der Waals surface area (Å²) in [7, 11) is 0. The predicted molar refractivity (Wildman–Crippen MR) is 125 cm³/mol. The number of rotatable bonds is 3.